The second kappa shape index (κ2) is 6.89. The van der Waals surface area contributed by atoms with Gasteiger partial charge in [-0.2, -0.15) is 4.31 Å². The Balaban J connectivity index is 1.71. The Morgan fingerprint density at radius 3 is 2.71 bits per heavy atom. The van der Waals surface area contributed by atoms with Gasteiger partial charge in [-0.05, 0) is 38.8 Å². The van der Waals surface area contributed by atoms with E-state index in [0.717, 1.165) is 24.1 Å². The predicted octanol–water partition coefficient (Wildman–Crippen LogP) is 2.56. The number of hydrogen-bond donors (Lipinski definition) is 0. The highest BCUT2D eigenvalue weighted by atomic mass is 32.2. The number of nitrogens with zero attached hydrogens (tertiary/aromatic N) is 3. The minimum Gasteiger partial charge on any atom is -0.489 e. The quantitative estimate of drug-likeness (QED) is 0.779. The van der Waals surface area contributed by atoms with Crippen LogP contribution in [-0.4, -0.2) is 43.5 Å². The molecule has 1 aromatic carbocycles. The number of carbonyl (C=O) groups is 1. The van der Waals surface area contributed by atoms with Gasteiger partial charge in [-0.3, -0.25) is 4.79 Å². The standard InChI is InChI=1S/C19H23N3O5S/c1-12-19(13(2)27-20-12)17-5-4-8-22(17)28(24,25)15-6-7-16-18(11-15)26-10-9-21(16)14(3)23/h6-7,11,17H,4-5,8-10H2,1-3H3/t17-/m0/s1. The molecule has 0 unspecified atom stereocenters. The molecule has 1 saturated heterocycles. The van der Waals surface area contributed by atoms with Gasteiger partial charge in [0.1, 0.15) is 18.1 Å². The molecule has 1 atom stereocenters. The third-order valence-electron chi connectivity index (χ3n) is 5.41. The van der Waals surface area contributed by atoms with Crippen molar-refractivity contribution in [2.24, 2.45) is 0 Å². The highest BCUT2D eigenvalue weighted by molar-refractivity contribution is 7.89. The Bertz CT molecular complexity index is 1010. The fourth-order valence-electron chi connectivity index (χ4n) is 4.11. The van der Waals surface area contributed by atoms with E-state index in [1.54, 1.807) is 17.0 Å². The van der Waals surface area contributed by atoms with Gasteiger partial charge in [0, 0.05) is 25.1 Å². The topological polar surface area (TPSA) is 93.0 Å². The molecule has 2 aromatic rings. The Hall–Kier alpha value is -2.39. The molecule has 3 heterocycles. The van der Waals surface area contributed by atoms with E-state index in [9.17, 15) is 13.2 Å². The Morgan fingerprint density at radius 1 is 1.25 bits per heavy atom. The number of aryl methyl sites for hydroxylation is 2. The number of rotatable bonds is 3. The number of sulfonamides is 1. The lowest BCUT2D eigenvalue weighted by Crippen LogP contribution is -2.36. The molecule has 28 heavy (non-hydrogen) atoms. The van der Waals surface area contributed by atoms with E-state index in [1.807, 2.05) is 13.8 Å². The van der Waals surface area contributed by atoms with Gasteiger partial charge in [-0.1, -0.05) is 5.16 Å². The fourth-order valence-corrected chi connectivity index (χ4v) is 5.79. The van der Waals surface area contributed by atoms with Crippen molar-refractivity contribution in [3.05, 3.63) is 35.2 Å². The second-order valence-electron chi connectivity index (χ2n) is 7.16. The fraction of sp³-hybridized carbons (Fsp3) is 0.474. The molecule has 1 fully saturated rings. The largest absolute Gasteiger partial charge is 0.489 e. The van der Waals surface area contributed by atoms with Gasteiger partial charge in [-0.25, -0.2) is 8.42 Å². The number of fused-ring (bicyclic) bond motifs is 1. The van der Waals surface area contributed by atoms with Crippen molar-refractivity contribution in [3.63, 3.8) is 0 Å². The Kier molecular flexibility index (Phi) is 4.67. The normalized spacial score (nSPS) is 20.1. The van der Waals surface area contributed by atoms with Crippen molar-refractivity contribution in [1.82, 2.24) is 9.46 Å². The molecule has 1 amide bonds. The molecule has 0 spiro atoms. The van der Waals surface area contributed by atoms with Crippen LogP contribution in [0, 0.1) is 13.8 Å². The van der Waals surface area contributed by atoms with E-state index in [2.05, 4.69) is 5.16 Å². The molecular formula is C19H23N3O5S. The SMILES string of the molecule is CC(=O)N1CCOc2cc(S(=O)(=O)N3CCC[C@H]3c3c(C)noc3C)ccc21. The Morgan fingerprint density at radius 2 is 2.04 bits per heavy atom. The van der Waals surface area contributed by atoms with Gasteiger partial charge in [0.15, 0.2) is 0 Å². The number of benzene rings is 1. The highest BCUT2D eigenvalue weighted by Gasteiger charge is 2.39. The third-order valence-corrected chi connectivity index (χ3v) is 7.31. The molecule has 2 aliphatic heterocycles. The average Bonchev–Trinajstić information content (AvgIpc) is 3.27. The molecule has 0 saturated carbocycles. The lowest BCUT2D eigenvalue weighted by molar-refractivity contribution is -0.116. The van der Waals surface area contributed by atoms with Crippen LogP contribution in [0.25, 0.3) is 0 Å². The first-order valence-corrected chi connectivity index (χ1v) is 10.7. The second-order valence-corrected chi connectivity index (χ2v) is 9.05. The van der Waals surface area contributed by atoms with Crippen LogP contribution in [0.1, 0.15) is 42.8 Å². The molecule has 1 aromatic heterocycles. The van der Waals surface area contributed by atoms with Crippen LogP contribution in [0.15, 0.2) is 27.6 Å². The van der Waals surface area contributed by atoms with Crippen molar-refractivity contribution < 1.29 is 22.5 Å². The van der Waals surface area contributed by atoms with Crippen molar-refractivity contribution in [2.75, 3.05) is 24.6 Å². The van der Waals surface area contributed by atoms with Crippen molar-refractivity contribution in [2.45, 2.75) is 44.6 Å². The summed E-state index contributed by atoms with van der Waals surface area (Å²) in [6.07, 6.45) is 1.50. The molecule has 2 aliphatic rings. The minimum absolute atomic E-state index is 0.0989. The van der Waals surface area contributed by atoms with Crippen LogP contribution in [0.4, 0.5) is 5.69 Å². The van der Waals surface area contributed by atoms with E-state index in [-0.39, 0.29) is 16.8 Å². The highest BCUT2D eigenvalue weighted by Crippen LogP contribution is 2.41. The van der Waals surface area contributed by atoms with E-state index in [1.165, 1.54) is 17.3 Å². The van der Waals surface area contributed by atoms with Crippen LogP contribution in [0.3, 0.4) is 0 Å². The van der Waals surface area contributed by atoms with E-state index < -0.39 is 10.0 Å². The zero-order valence-corrected chi connectivity index (χ0v) is 17.0. The molecule has 8 nitrogen and oxygen atoms in total. The number of anilines is 1. The molecular weight excluding hydrogens is 382 g/mol. The van der Waals surface area contributed by atoms with Crippen LogP contribution >= 0.6 is 0 Å². The first-order valence-electron chi connectivity index (χ1n) is 9.30. The first kappa shape index (κ1) is 18.9. The molecule has 0 N–H and O–H groups in total. The maximum atomic E-state index is 13.4. The van der Waals surface area contributed by atoms with Gasteiger partial charge >= 0.3 is 0 Å². The van der Waals surface area contributed by atoms with Gasteiger partial charge in [0.25, 0.3) is 0 Å². The van der Waals surface area contributed by atoms with Crippen LogP contribution in [0.2, 0.25) is 0 Å². The molecule has 0 aliphatic carbocycles. The predicted molar refractivity (Wildman–Crippen MR) is 102 cm³/mol. The maximum Gasteiger partial charge on any atom is 0.243 e. The van der Waals surface area contributed by atoms with E-state index in [0.29, 0.717) is 36.9 Å². The number of hydrogen-bond acceptors (Lipinski definition) is 6. The van der Waals surface area contributed by atoms with Gasteiger partial charge < -0.3 is 14.2 Å². The third kappa shape index (κ3) is 2.98. The summed E-state index contributed by atoms with van der Waals surface area (Å²) in [4.78, 5) is 13.6. The van der Waals surface area contributed by atoms with Gasteiger partial charge in [0.2, 0.25) is 15.9 Å². The van der Waals surface area contributed by atoms with Crippen LogP contribution in [-0.2, 0) is 14.8 Å². The van der Waals surface area contributed by atoms with Crippen LogP contribution < -0.4 is 9.64 Å². The lowest BCUT2D eigenvalue weighted by Gasteiger charge is -2.29. The summed E-state index contributed by atoms with van der Waals surface area (Å²) in [5.74, 6) is 0.962. The summed E-state index contributed by atoms with van der Waals surface area (Å²) in [5, 5.41) is 3.98. The van der Waals surface area contributed by atoms with Crippen molar-refractivity contribution in [1.29, 1.82) is 0 Å². The molecule has 0 bridgehead atoms. The smallest absolute Gasteiger partial charge is 0.243 e. The van der Waals surface area contributed by atoms with Gasteiger partial charge in [0.05, 0.1) is 28.9 Å². The monoisotopic (exact) mass is 405 g/mol. The summed E-state index contributed by atoms with van der Waals surface area (Å²) in [6, 6.07) is 4.41. The van der Waals surface area contributed by atoms with E-state index >= 15 is 0 Å². The van der Waals surface area contributed by atoms with Gasteiger partial charge in [-0.15, -0.1) is 0 Å². The van der Waals surface area contributed by atoms with Crippen molar-refractivity contribution in [3.8, 4) is 5.75 Å². The number of aromatic nitrogens is 1. The zero-order valence-electron chi connectivity index (χ0n) is 16.1. The molecule has 150 valence electrons. The number of ether oxygens (including phenoxy) is 1. The molecule has 4 rings (SSSR count). The minimum atomic E-state index is -3.74. The maximum absolute atomic E-state index is 13.4. The lowest BCUT2D eigenvalue weighted by atomic mass is 10.0. The molecule has 0 radical (unpaired) electrons. The first-order chi connectivity index (χ1) is 13.3. The van der Waals surface area contributed by atoms with E-state index in [4.69, 9.17) is 9.26 Å². The zero-order chi connectivity index (χ0) is 20.1. The Labute approximate surface area is 164 Å². The summed E-state index contributed by atoms with van der Waals surface area (Å²) in [7, 11) is -3.74. The number of carbonyl (C=O) groups excluding carboxylic acids is 1. The summed E-state index contributed by atoms with van der Waals surface area (Å²) in [6.45, 7) is 6.35. The number of amides is 1. The van der Waals surface area contributed by atoms with Crippen molar-refractivity contribution >= 4 is 21.6 Å². The summed E-state index contributed by atoms with van der Waals surface area (Å²) >= 11 is 0. The molecule has 9 heteroatoms. The summed E-state index contributed by atoms with van der Waals surface area (Å²) < 4.78 is 39.2. The summed E-state index contributed by atoms with van der Waals surface area (Å²) in [5.41, 5.74) is 2.16. The van der Waals surface area contributed by atoms with Crippen LogP contribution in [0.5, 0.6) is 5.75 Å². The average molecular weight is 405 g/mol.